The predicted molar refractivity (Wildman–Crippen MR) is 107 cm³/mol. The fraction of sp³-hybridized carbons (Fsp3) is 0.318. The van der Waals surface area contributed by atoms with Crippen LogP contribution >= 0.6 is 0 Å². The first-order chi connectivity index (χ1) is 14.0. The minimum Gasteiger partial charge on any atom is -0.493 e. The van der Waals surface area contributed by atoms with Gasteiger partial charge in [-0.1, -0.05) is 32.0 Å². The summed E-state index contributed by atoms with van der Waals surface area (Å²) in [5.74, 6) is 1.50. The van der Waals surface area contributed by atoms with Crippen molar-refractivity contribution in [3.05, 3.63) is 60.0 Å². The molecule has 0 fully saturated rings. The number of esters is 1. The Morgan fingerprint density at radius 1 is 1.03 bits per heavy atom. The molecular weight excluding hydrogens is 372 g/mol. The Morgan fingerprint density at radius 3 is 2.48 bits per heavy atom. The van der Waals surface area contributed by atoms with Gasteiger partial charge in [-0.3, -0.25) is 0 Å². The summed E-state index contributed by atoms with van der Waals surface area (Å²) >= 11 is 0. The van der Waals surface area contributed by atoms with E-state index in [1.165, 1.54) is 7.11 Å². The van der Waals surface area contributed by atoms with Gasteiger partial charge >= 0.3 is 5.97 Å². The van der Waals surface area contributed by atoms with Gasteiger partial charge in [0.05, 0.1) is 19.3 Å². The third-order valence-corrected chi connectivity index (χ3v) is 4.06. The summed E-state index contributed by atoms with van der Waals surface area (Å²) in [5.41, 5.74) is 1.14. The van der Waals surface area contributed by atoms with Gasteiger partial charge in [-0.2, -0.15) is 0 Å². The summed E-state index contributed by atoms with van der Waals surface area (Å²) in [5, 5.41) is 8.01. The lowest BCUT2D eigenvalue weighted by Gasteiger charge is -2.14. The van der Waals surface area contributed by atoms with Crippen molar-refractivity contribution in [2.45, 2.75) is 26.9 Å². The van der Waals surface area contributed by atoms with Crippen LogP contribution < -0.4 is 9.47 Å². The van der Waals surface area contributed by atoms with Gasteiger partial charge in [-0.25, -0.2) is 4.79 Å². The van der Waals surface area contributed by atoms with E-state index in [4.69, 9.17) is 18.6 Å². The molecule has 0 unspecified atom stereocenters. The molecule has 2 aromatic carbocycles. The average molecular weight is 396 g/mol. The Balaban J connectivity index is 1.69. The van der Waals surface area contributed by atoms with Crippen molar-refractivity contribution in [3.8, 4) is 23.0 Å². The van der Waals surface area contributed by atoms with Gasteiger partial charge in [0.15, 0.2) is 17.6 Å². The van der Waals surface area contributed by atoms with E-state index in [0.717, 1.165) is 5.56 Å². The SMILES string of the molecule is COc1cc(C(=O)O[C@@H](C)c2nnc(-c3ccccc3)o2)ccc1OCC(C)C. The van der Waals surface area contributed by atoms with Crippen LogP contribution in [0.3, 0.4) is 0 Å². The Kier molecular flexibility index (Phi) is 6.49. The van der Waals surface area contributed by atoms with Crippen LogP contribution in [0.4, 0.5) is 0 Å². The highest BCUT2D eigenvalue weighted by Gasteiger charge is 2.21. The molecule has 0 radical (unpaired) electrons. The van der Waals surface area contributed by atoms with Crippen LogP contribution in [0.2, 0.25) is 0 Å². The van der Waals surface area contributed by atoms with Crippen molar-refractivity contribution in [3.63, 3.8) is 0 Å². The van der Waals surface area contributed by atoms with E-state index in [1.807, 2.05) is 30.3 Å². The molecule has 0 N–H and O–H groups in total. The van der Waals surface area contributed by atoms with Gasteiger partial charge in [0, 0.05) is 5.56 Å². The van der Waals surface area contributed by atoms with Gasteiger partial charge in [-0.15, -0.1) is 10.2 Å². The lowest BCUT2D eigenvalue weighted by Crippen LogP contribution is -2.10. The van der Waals surface area contributed by atoms with Gasteiger partial charge in [0.1, 0.15) is 0 Å². The van der Waals surface area contributed by atoms with Gasteiger partial charge in [-0.05, 0) is 43.2 Å². The zero-order chi connectivity index (χ0) is 20.8. The highest BCUT2D eigenvalue weighted by Crippen LogP contribution is 2.30. The normalized spacial score (nSPS) is 11.9. The average Bonchev–Trinajstić information content (AvgIpc) is 3.23. The van der Waals surface area contributed by atoms with E-state index < -0.39 is 12.1 Å². The lowest BCUT2D eigenvalue weighted by molar-refractivity contribution is 0.0279. The van der Waals surface area contributed by atoms with Crippen molar-refractivity contribution in [2.24, 2.45) is 5.92 Å². The molecule has 29 heavy (non-hydrogen) atoms. The number of carbonyl (C=O) groups excluding carboxylic acids is 1. The molecule has 0 bridgehead atoms. The van der Waals surface area contributed by atoms with Crippen LogP contribution in [0, 0.1) is 5.92 Å². The van der Waals surface area contributed by atoms with Crippen molar-refractivity contribution in [1.29, 1.82) is 0 Å². The molecule has 0 aliphatic rings. The van der Waals surface area contributed by atoms with E-state index in [-0.39, 0.29) is 5.89 Å². The summed E-state index contributed by atoms with van der Waals surface area (Å²) < 4.78 is 22.2. The summed E-state index contributed by atoms with van der Waals surface area (Å²) in [6.45, 7) is 6.34. The Bertz CT molecular complexity index is 953. The van der Waals surface area contributed by atoms with E-state index >= 15 is 0 Å². The second kappa shape index (κ2) is 9.23. The van der Waals surface area contributed by atoms with Crippen LogP contribution in [0.1, 0.15) is 43.1 Å². The van der Waals surface area contributed by atoms with Crippen molar-refractivity contribution in [2.75, 3.05) is 13.7 Å². The summed E-state index contributed by atoms with van der Waals surface area (Å²) in [6, 6.07) is 14.3. The third kappa shape index (κ3) is 5.13. The number of rotatable bonds is 8. The maximum atomic E-state index is 12.5. The summed E-state index contributed by atoms with van der Waals surface area (Å²) in [6.07, 6.45) is -0.699. The first-order valence-corrected chi connectivity index (χ1v) is 9.38. The number of hydrogen-bond acceptors (Lipinski definition) is 7. The molecule has 1 aromatic heterocycles. The van der Waals surface area contributed by atoms with Crippen molar-refractivity contribution in [1.82, 2.24) is 10.2 Å². The predicted octanol–water partition coefficient (Wildman–Crippen LogP) is 4.70. The molecule has 0 saturated carbocycles. The fourth-order valence-electron chi connectivity index (χ4n) is 2.55. The Morgan fingerprint density at radius 2 is 1.79 bits per heavy atom. The topological polar surface area (TPSA) is 83.7 Å². The monoisotopic (exact) mass is 396 g/mol. The third-order valence-electron chi connectivity index (χ3n) is 4.06. The molecule has 0 aliphatic carbocycles. The lowest BCUT2D eigenvalue weighted by atomic mass is 10.2. The van der Waals surface area contributed by atoms with Crippen LogP contribution in [0.5, 0.6) is 11.5 Å². The molecule has 0 amide bonds. The molecule has 0 aliphatic heterocycles. The number of aromatic nitrogens is 2. The smallest absolute Gasteiger partial charge is 0.339 e. The summed E-state index contributed by atoms with van der Waals surface area (Å²) in [7, 11) is 1.53. The number of nitrogens with zero attached hydrogens (tertiary/aromatic N) is 2. The Labute approximate surface area is 169 Å². The Hall–Kier alpha value is -3.35. The molecule has 0 spiro atoms. The van der Waals surface area contributed by atoms with Crippen molar-refractivity contribution < 1.29 is 23.4 Å². The molecule has 3 aromatic rings. The van der Waals surface area contributed by atoms with Crippen LogP contribution in [0.15, 0.2) is 52.9 Å². The molecule has 7 nitrogen and oxygen atoms in total. The zero-order valence-electron chi connectivity index (χ0n) is 16.9. The molecule has 3 rings (SSSR count). The number of benzene rings is 2. The fourth-order valence-corrected chi connectivity index (χ4v) is 2.55. The van der Waals surface area contributed by atoms with E-state index in [9.17, 15) is 4.79 Å². The number of methoxy groups -OCH3 is 1. The van der Waals surface area contributed by atoms with Gasteiger partial charge in [0.25, 0.3) is 5.89 Å². The molecular formula is C22H24N2O5. The maximum absolute atomic E-state index is 12.5. The standard InChI is InChI=1S/C22H24N2O5/c1-14(2)13-27-18-11-10-17(12-19(18)26-4)22(25)28-15(3)20-23-24-21(29-20)16-8-6-5-7-9-16/h5-12,14-15H,13H2,1-4H3/t15-/m0/s1. The molecule has 0 saturated heterocycles. The van der Waals surface area contributed by atoms with Crippen LogP contribution in [-0.2, 0) is 4.74 Å². The molecule has 152 valence electrons. The highest BCUT2D eigenvalue weighted by molar-refractivity contribution is 5.90. The minimum atomic E-state index is -0.699. The quantitative estimate of drug-likeness (QED) is 0.510. The molecule has 1 heterocycles. The number of ether oxygens (including phenoxy) is 3. The second-order valence-corrected chi connectivity index (χ2v) is 6.93. The first kappa shape index (κ1) is 20.4. The molecule has 1 atom stereocenters. The first-order valence-electron chi connectivity index (χ1n) is 9.38. The summed E-state index contributed by atoms with van der Waals surface area (Å²) in [4.78, 5) is 12.5. The van der Waals surface area contributed by atoms with Crippen LogP contribution in [0.25, 0.3) is 11.5 Å². The van der Waals surface area contributed by atoms with E-state index in [0.29, 0.717) is 35.5 Å². The largest absolute Gasteiger partial charge is 0.493 e. The van der Waals surface area contributed by atoms with E-state index in [1.54, 1.807) is 25.1 Å². The van der Waals surface area contributed by atoms with Gasteiger partial charge in [0.2, 0.25) is 5.89 Å². The minimum absolute atomic E-state index is 0.223. The van der Waals surface area contributed by atoms with Crippen molar-refractivity contribution >= 4 is 5.97 Å². The highest BCUT2D eigenvalue weighted by atomic mass is 16.6. The second-order valence-electron chi connectivity index (χ2n) is 6.93. The van der Waals surface area contributed by atoms with Crippen LogP contribution in [-0.4, -0.2) is 29.9 Å². The zero-order valence-corrected chi connectivity index (χ0v) is 16.9. The number of carbonyl (C=O) groups is 1. The maximum Gasteiger partial charge on any atom is 0.339 e. The number of hydrogen-bond donors (Lipinski definition) is 0. The molecule has 7 heteroatoms. The van der Waals surface area contributed by atoms with E-state index in [2.05, 4.69) is 24.0 Å². The van der Waals surface area contributed by atoms with Gasteiger partial charge < -0.3 is 18.6 Å².